The maximum absolute atomic E-state index is 9.24. The molecule has 0 heterocycles. The first-order chi connectivity index (χ1) is 6.25. The molecule has 2 rings (SSSR count). The van der Waals surface area contributed by atoms with Crippen molar-refractivity contribution in [3.05, 3.63) is 23.8 Å². The Balaban J connectivity index is 2.03. The van der Waals surface area contributed by atoms with E-state index in [0.29, 0.717) is 0 Å². The molecule has 0 radical (unpaired) electrons. The Morgan fingerprint density at radius 2 is 2.23 bits per heavy atom. The molecule has 0 atom stereocenters. The highest BCUT2D eigenvalue weighted by atomic mass is 16.5. The third kappa shape index (κ3) is 2.14. The van der Waals surface area contributed by atoms with E-state index in [4.69, 9.17) is 4.74 Å². The fraction of sp³-hybridized carbons (Fsp3) is 0.455. The van der Waals surface area contributed by atoms with Gasteiger partial charge in [-0.25, -0.2) is 0 Å². The second-order valence-corrected chi connectivity index (χ2v) is 3.70. The summed E-state index contributed by atoms with van der Waals surface area (Å²) in [5.41, 5.74) is 1.08. The summed E-state index contributed by atoms with van der Waals surface area (Å²) in [5.74, 6) is 1.84. The number of aryl methyl sites for hydroxylation is 1. The minimum Gasteiger partial charge on any atom is -0.508 e. The Bertz CT molecular complexity index is 303. The predicted octanol–water partition coefficient (Wildman–Crippen LogP) is 2.49. The summed E-state index contributed by atoms with van der Waals surface area (Å²) >= 11 is 0. The molecule has 2 heteroatoms. The highest BCUT2D eigenvalue weighted by Crippen LogP contribution is 2.31. The Hall–Kier alpha value is -1.18. The molecule has 0 unspecified atom stereocenters. The number of rotatable bonds is 3. The number of hydrogen-bond donors (Lipinski definition) is 1. The van der Waals surface area contributed by atoms with Gasteiger partial charge in [0, 0.05) is 6.07 Å². The molecule has 0 aromatic heterocycles. The molecular formula is C11H14O2. The third-order valence-corrected chi connectivity index (χ3v) is 2.34. The summed E-state index contributed by atoms with van der Waals surface area (Å²) in [5, 5.41) is 9.24. The summed E-state index contributed by atoms with van der Waals surface area (Å²) in [6.07, 6.45) is 2.58. The van der Waals surface area contributed by atoms with Gasteiger partial charge in [-0.05, 0) is 37.3 Å². The van der Waals surface area contributed by atoms with Crippen LogP contribution in [0.15, 0.2) is 18.2 Å². The molecule has 0 spiro atoms. The Kier molecular flexibility index (Phi) is 2.13. The average molecular weight is 178 g/mol. The van der Waals surface area contributed by atoms with E-state index >= 15 is 0 Å². The number of phenols is 1. The fourth-order valence-electron chi connectivity index (χ4n) is 1.24. The largest absolute Gasteiger partial charge is 0.508 e. The predicted molar refractivity (Wildman–Crippen MR) is 51.1 cm³/mol. The van der Waals surface area contributed by atoms with Gasteiger partial charge in [0.25, 0.3) is 0 Å². The van der Waals surface area contributed by atoms with Crippen molar-refractivity contribution in [1.82, 2.24) is 0 Å². The quantitative estimate of drug-likeness (QED) is 0.770. The molecular weight excluding hydrogens is 164 g/mol. The van der Waals surface area contributed by atoms with Crippen molar-refractivity contribution in [2.45, 2.75) is 19.8 Å². The number of phenolic OH excluding ortho intramolecular Hbond substituents is 1. The van der Waals surface area contributed by atoms with E-state index < -0.39 is 0 Å². The van der Waals surface area contributed by atoms with Crippen molar-refractivity contribution in [1.29, 1.82) is 0 Å². The molecule has 2 nitrogen and oxygen atoms in total. The lowest BCUT2D eigenvalue weighted by atomic mass is 10.2. The van der Waals surface area contributed by atoms with Gasteiger partial charge in [0.15, 0.2) is 0 Å². The van der Waals surface area contributed by atoms with Crippen LogP contribution in [0, 0.1) is 12.8 Å². The molecule has 1 aliphatic rings. The summed E-state index contributed by atoms with van der Waals surface area (Å²) < 4.78 is 5.58. The summed E-state index contributed by atoms with van der Waals surface area (Å²) in [6.45, 7) is 2.78. The van der Waals surface area contributed by atoms with E-state index in [1.165, 1.54) is 12.8 Å². The van der Waals surface area contributed by atoms with E-state index in [-0.39, 0.29) is 5.75 Å². The summed E-state index contributed by atoms with van der Waals surface area (Å²) in [4.78, 5) is 0. The first-order valence-electron chi connectivity index (χ1n) is 4.68. The van der Waals surface area contributed by atoms with Gasteiger partial charge in [-0.1, -0.05) is 6.07 Å². The summed E-state index contributed by atoms with van der Waals surface area (Å²) in [6, 6.07) is 5.23. The lowest BCUT2D eigenvalue weighted by Gasteiger charge is -2.08. The van der Waals surface area contributed by atoms with Crippen LogP contribution in [0.2, 0.25) is 0 Å². The minimum atomic E-state index is 0.274. The summed E-state index contributed by atoms with van der Waals surface area (Å²) in [7, 11) is 0. The molecule has 1 saturated carbocycles. The van der Waals surface area contributed by atoms with E-state index in [1.54, 1.807) is 12.1 Å². The number of ether oxygens (including phenoxy) is 1. The number of aromatic hydroxyl groups is 1. The molecule has 1 aliphatic carbocycles. The molecule has 0 amide bonds. The zero-order chi connectivity index (χ0) is 9.26. The zero-order valence-electron chi connectivity index (χ0n) is 7.79. The average Bonchev–Trinajstić information content (AvgIpc) is 2.90. The molecule has 1 aromatic rings. The van der Waals surface area contributed by atoms with Crippen molar-refractivity contribution < 1.29 is 9.84 Å². The van der Waals surface area contributed by atoms with Crippen molar-refractivity contribution in [3.8, 4) is 11.5 Å². The van der Waals surface area contributed by atoms with E-state index in [2.05, 4.69) is 0 Å². The van der Waals surface area contributed by atoms with Crippen LogP contribution in [0.3, 0.4) is 0 Å². The van der Waals surface area contributed by atoms with Gasteiger partial charge in [0.1, 0.15) is 11.5 Å². The Morgan fingerprint density at radius 1 is 1.46 bits per heavy atom. The topological polar surface area (TPSA) is 29.5 Å². The van der Waals surface area contributed by atoms with Crippen LogP contribution in [0.25, 0.3) is 0 Å². The monoisotopic (exact) mass is 178 g/mol. The first kappa shape index (κ1) is 8.42. The van der Waals surface area contributed by atoms with Crippen LogP contribution in [-0.4, -0.2) is 11.7 Å². The van der Waals surface area contributed by atoms with Crippen molar-refractivity contribution in [2.24, 2.45) is 5.92 Å². The van der Waals surface area contributed by atoms with Crippen LogP contribution in [0.5, 0.6) is 11.5 Å². The van der Waals surface area contributed by atoms with Crippen LogP contribution in [0.4, 0.5) is 0 Å². The maximum Gasteiger partial charge on any atom is 0.125 e. The first-order valence-corrected chi connectivity index (χ1v) is 4.68. The molecule has 1 aromatic carbocycles. The van der Waals surface area contributed by atoms with Gasteiger partial charge in [0.05, 0.1) is 6.61 Å². The van der Waals surface area contributed by atoms with Crippen molar-refractivity contribution in [2.75, 3.05) is 6.61 Å². The van der Waals surface area contributed by atoms with Crippen molar-refractivity contribution >= 4 is 0 Å². The van der Waals surface area contributed by atoms with Gasteiger partial charge in [-0.3, -0.25) is 0 Å². The maximum atomic E-state index is 9.24. The molecule has 1 fully saturated rings. The lowest BCUT2D eigenvalue weighted by Crippen LogP contribution is -1.99. The number of hydrogen-bond acceptors (Lipinski definition) is 2. The smallest absolute Gasteiger partial charge is 0.125 e. The van der Waals surface area contributed by atoms with Crippen molar-refractivity contribution in [3.63, 3.8) is 0 Å². The molecule has 70 valence electrons. The highest BCUT2D eigenvalue weighted by Gasteiger charge is 2.22. The van der Waals surface area contributed by atoms with Gasteiger partial charge in [0.2, 0.25) is 0 Å². The van der Waals surface area contributed by atoms with Gasteiger partial charge in [-0.15, -0.1) is 0 Å². The Labute approximate surface area is 78.2 Å². The lowest BCUT2D eigenvalue weighted by molar-refractivity contribution is 0.296. The number of benzene rings is 1. The van der Waals surface area contributed by atoms with Crippen LogP contribution in [-0.2, 0) is 0 Å². The molecule has 1 N–H and O–H groups in total. The molecule has 13 heavy (non-hydrogen) atoms. The van der Waals surface area contributed by atoms with Crippen LogP contribution < -0.4 is 4.74 Å². The molecule has 0 aliphatic heterocycles. The van der Waals surface area contributed by atoms with E-state index in [0.717, 1.165) is 23.8 Å². The zero-order valence-corrected chi connectivity index (χ0v) is 7.79. The molecule has 0 saturated heterocycles. The molecule has 0 bridgehead atoms. The normalized spacial score (nSPS) is 15.8. The van der Waals surface area contributed by atoms with Gasteiger partial charge in [-0.2, -0.15) is 0 Å². The highest BCUT2D eigenvalue weighted by molar-refractivity contribution is 5.39. The van der Waals surface area contributed by atoms with Gasteiger partial charge < -0.3 is 9.84 Å². The third-order valence-electron chi connectivity index (χ3n) is 2.34. The second kappa shape index (κ2) is 3.29. The standard InChI is InChI=1S/C11H14O2/c1-8-2-5-10(12)6-11(8)13-7-9-3-4-9/h2,5-6,9,12H,3-4,7H2,1H3. The van der Waals surface area contributed by atoms with Gasteiger partial charge >= 0.3 is 0 Å². The van der Waals surface area contributed by atoms with Crippen LogP contribution in [0.1, 0.15) is 18.4 Å². The van der Waals surface area contributed by atoms with Crippen LogP contribution >= 0.6 is 0 Å². The SMILES string of the molecule is Cc1ccc(O)cc1OCC1CC1. The van der Waals surface area contributed by atoms with E-state index in [1.807, 2.05) is 13.0 Å². The van der Waals surface area contributed by atoms with E-state index in [9.17, 15) is 5.11 Å². The minimum absolute atomic E-state index is 0.274. The Morgan fingerprint density at radius 3 is 2.92 bits per heavy atom. The fourth-order valence-corrected chi connectivity index (χ4v) is 1.24. The second-order valence-electron chi connectivity index (χ2n) is 3.70.